The summed E-state index contributed by atoms with van der Waals surface area (Å²) in [5.74, 6) is 1.20. The summed E-state index contributed by atoms with van der Waals surface area (Å²) in [7, 11) is 0. The molecule has 0 aromatic heterocycles. The number of urea groups is 1. The molecule has 0 heterocycles. The number of carbonyl (C=O) groups is 1. The van der Waals surface area contributed by atoms with Crippen molar-refractivity contribution in [1.82, 2.24) is 5.32 Å². The van der Waals surface area contributed by atoms with Crippen molar-refractivity contribution in [2.45, 2.75) is 45.6 Å². The summed E-state index contributed by atoms with van der Waals surface area (Å²) in [6, 6.07) is 7.44. The van der Waals surface area contributed by atoms with Gasteiger partial charge in [0.1, 0.15) is 5.75 Å². The average Bonchev–Trinajstić information content (AvgIpc) is 2.92. The van der Waals surface area contributed by atoms with E-state index in [9.17, 15) is 4.79 Å². The first-order chi connectivity index (χ1) is 9.65. The van der Waals surface area contributed by atoms with Crippen molar-refractivity contribution in [3.05, 3.63) is 24.3 Å². The van der Waals surface area contributed by atoms with Gasteiger partial charge in [0.15, 0.2) is 0 Å². The van der Waals surface area contributed by atoms with E-state index in [2.05, 4.69) is 24.5 Å². The molecule has 0 saturated heterocycles. The number of ether oxygens (including phenoxy) is 1. The first-order valence-electron chi connectivity index (χ1n) is 7.45. The topological polar surface area (TPSA) is 50.4 Å². The van der Waals surface area contributed by atoms with E-state index < -0.39 is 0 Å². The first kappa shape index (κ1) is 14.7. The number of nitrogens with one attached hydrogen (secondary N) is 2. The molecule has 0 radical (unpaired) electrons. The second-order valence-corrected chi connectivity index (χ2v) is 5.75. The fourth-order valence-corrected chi connectivity index (χ4v) is 2.32. The van der Waals surface area contributed by atoms with E-state index in [1.807, 2.05) is 24.3 Å². The minimum Gasteiger partial charge on any atom is -0.488 e. The Balaban J connectivity index is 1.94. The molecule has 2 N–H and O–H groups in total. The SMILES string of the molecule is CC(C)CNC(=O)Nc1ccccc1OC1CCCC1. The molecule has 0 atom stereocenters. The van der Waals surface area contributed by atoms with E-state index in [1.54, 1.807) is 0 Å². The van der Waals surface area contributed by atoms with Gasteiger partial charge in [-0.15, -0.1) is 0 Å². The van der Waals surface area contributed by atoms with Gasteiger partial charge in [-0.05, 0) is 43.7 Å². The molecular formula is C16H24N2O2. The van der Waals surface area contributed by atoms with E-state index >= 15 is 0 Å². The van der Waals surface area contributed by atoms with Crippen LogP contribution < -0.4 is 15.4 Å². The smallest absolute Gasteiger partial charge is 0.319 e. The Morgan fingerprint density at radius 2 is 2.00 bits per heavy atom. The van der Waals surface area contributed by atoms with Crippen LogP contribution >= 0.6 is 0 Å². The van der Waals surface area contributed by atoms with Gasteiger partial charge in [0.2, 0.25) is 0 Å². The largest absolute Gasteiger partial charge is 0.488 e. The van der Waals surface area contributed by atoms with Crippen molar-refractivity contribution in [3.8, 4) is 5.75 Å². The highest BCUT2D eigenvalue weighted by molar-refractivity contribution is 5.90. The van der Waals surface area contributed by atoms with Crippen molar-refractivity contribution in [2.75, 3.05) is 11.9 Å². The molecule has 0 bridgehead atoms. The lowest BCUT2D eigenvalue weighted by Crippen LogP contribution is -2.31. The number of hydrogen-bond donors (Lipinski definition) is 2. The number of benzene rings is 1. The summed E-state index contributed by atoms with van der Waals surface area (Å²) in [5, 5.41) is 5.71. The Morgan fingerprint density at radius 1 is 1.30 bits per heavy atom. The summed E-state index contributed by atoms with van der Waals surface area (Å²) in [6.07, 6.45) is 4.96. The van der Waals surface area contributed by atoms with E-state index in [0.29, 0.717) is 12.5 Å². The molecule has 1 aliphatic carbocycles. The van der Waals surface area contributed by atoms with Crippen LogP contribution in [0, 0.1) is 5.92 Å². The lowest BCUT2D eigenvalue weighted by Gasteiger charge is -2.17. The summed E-state index contributed by atoms with van der Waals surface area (Å²) >= 11 is 0. The monoisotopic (exact) mass is 276 g/mol. The minimum atomic E-state index is -0.179. The Hall–Kier alpha value is -1.71. The van der Waals surface area contributed by atoms with Gasteiger partial charge < -0.3 is 15.4 Å². The van der Waals surface area contributed by atoms with Crippen LogP contribution in [0.25, 0.3) is 0 Å². The quantitative estimate of drug-likeness (QED) is 0.859. The summed E-state index contributed by atoms with van der Waals surface area (Å²) in [4.78, 5) is 11.8. The van der Waals surface area contributed by atoms with Crippen LogP contribution in [0.3, 0.4) is 0 Å². The number of anilines is 1. The average molecular weight is 276 g/mol. The molecule has 0 unspecified atom stereocenters. The maximum absolute atomic E-state index is 11.8. The number of hydrogen-bond acceptors (Lipinski definition) is 2. The van der Waals surface area contributed by atoms with Gasteiger partial charge in [0.25, 0.3) is 0 Å². The summed E-state index contributed by atoms with van der Waals surface area (Å²) < 4.78 is 5.99. The Morgan fingerprint density at radius 3 is 2.70 bits per heavy atom. The molecule has 1 fully saturated rings. The Bertz CT molecular complexity index is 440. The van der Waals surface area contributed by atoms with Gasteiger partial charge in [-0.1, -0.05) is 26.0 Å². The van der Waals surface area contributed by atoms with Crippen LogP contribution in [-0.4, -0.2) is 18.7 Å². The van der Waals surface area contributed by atoms with E-state index in [0.717, 1.165) is 24.3 Å². The third kappa shape index (κ3) is 4.44. The molecule has 20 heavy (non-hydrogen) atoms. The molecule has 1 saturated carbocycles. The van der Waals surface area contributed by atoms with Crippen LogP contribution in [0.1, 0.15) is 39.5 Å². The van der Waals surface area contributed by atoms with Crippen LogP contribution in [0.15, 0.2) is 24.3 Å². The maximum Gasteiger partial charge on any atom is 0.319 e. The highest BCUT2D eigenvalue weighted by atomic mass is 16.5. The van der Waals surface area contributed by atoms with Gasteiger partial charge >= 0.3 is 6.03 Å². The number of rotatable bonds is 5. The minimum absolute atomic E-state index is 0.179. The fraction of sp³-hybridized carbons (Fsp3) is 0.562. The predicted molar refractivity (Wildman–Crippen MR) is 81.2 cm³/mol. The third-order valence-electron chi connectivity index (χ3n) is 3.40. The lowest BCUT2D eigenvalue weighted by atomic mass is 10.2. The van der Waals surface area contributed by atoms with Crippen molar-refractivity contribution in [1.29, 1.82) is 0 Å². The zero-order valence-corrected chi connectivity index (χ0v) is 12.3. The Labute approximate surface area is 120 Å². The molecule has 2 rings (SSSR count). The molecule has 0 spiro atoms. The maximum atomic E-state index is 11.8. The molecular weight excluding hydrogens is 252 g/mol. The molecule has 1 aliphatic rings. The molecule has 1 aromatic carbocycles. The zero-order chi connectivity index (χ0) is 14.4. The number of para-hydroxylation sites is 2. The van der Waals surface area contributed by atoms with Crippen LogP contribution in [0.4, 0.5) is 10.5 Å². The molecule has 4 nitrogen and oxygen atoms in total. The number of carbonyl (C=O) groups excluding carboxylic acids is 1. The normalized spacial score (nSPS) is 15.3. The highest BCUT2D eigenvalue weighted by Crippen LogP contribution is 2.29. The van der Waals surface area contributed by atoms with Crippen molar-refractivity contribution in [2.24, 2.45) is 5.92 Å². The van der Waals surface area contributed by atoms with Crippen molar-refractivity contribution >= 4 is 11.7 Å². The van der Waals surface area contributed by atoms with Crippen LogP contribution in [0.2, 0.25) is 0 Å². The number of amides is 2. The molecule has 4 heteroatoms. The predicted octanol–water partition coefficient (Wildman–Crippen LogP) is 3.79. The fourth-order valence-electron chi connectivity index (χ4n) is 2.32. The summed E-state index contributed by atoms with van der Waals surface area (Å²) in [5.41, 5.74) is 0.737. The van der Waals surface area contributed by atoms with Gasteiger partial charge in [-0.2, -0.15) is 0 Å². The van der Waals surface area contributed by atoms with Gasteiger partial charge in [0.05, 0.1) is 11.8 Å². The van der Waals surface area contributed by atoms with Gasteiger partial charge in [-0.3, -0.25) is 0 Å². The first-order valence-corrected chi connectivity index (χ1v) is 7.45. The van der Waals surface area contributed by atoms with Crippen molar-refractivity contribution < 1.29 is 9.53 Å². The Kier molecular flexibility index (Phi) is 5.27. The third-order valence-corrected chi connectivity index (χ3v) is 3.40. The van der Waals surface area contributed by atoms with Crippen molar-refractivity contribution in [3.63, 3.8) is 0 Å². The standard InChI is InChI=1S/C16H24N2O2/c1-12(2)11-17-16(19)18-14-9-5-6-10-15(14)20-13-7-3-4-8-13/h5-6,9-10,12-13H,3-4,7-8,11H2,1-2H3,(H2,17,18,19). The van der Waals surface area contributed by atoms with E-state index in [1.165, 1.54) is 12.8 Å². The van der Waals surface area contributed by atoms with Crippen LogP contribution in [0.5, 0.6) is 5.75 Å². The zero-order valence-electron chi connectivity index (χ0n) is 12.3. The second-order valence-electron chi connectivity index (χ2n) is 5.75. The molecule has 110 valence electrons. The highest BCUT2D eigenvalue weighted by Gasteiger charge is 2.18. The molecule has 2 amide bonds. The lowest BCUT2D eigenvalue weighted by molar-refractivity contribution is 0.211. The van der Waals surface area contributed by atoms with Gasteiger partial charge in [0, 0.05) is 6.54 Å². The second kappa shape index (κ2) is 7.17. The summed E-state index contributed by atoms with van der Waals surface area (Å²) in [6.45, 7) is 4.80. The molecule has 1 aromatic rings. The van der Waals surface area contributed by atoms with E-state index in [4.69, 9.17) is 4.74 Å². The van der Waals surface area contributed by atoms with E-state index in [-0.39, 0.29) is 12.1 Å². The van der Waals surface area contributed by atoms with Crippen LogP contribution in [-0.2, 0) is 0 Å². The molecule has 0 aliphatic heterocycles. The van der Waals surface area contributed by atoms with Gasteiger partial charge in [-0.25, -0.2) is 4.79 Å².